The van der Waals surface area contributed by atoms with Gasteiger partial charge in [0.15, 0.2) is 10.3 Å². The third kappa shape index (κ3) is 5.92. The van der Waals surface area contributed by atoms with Crippen LogP contribution in [0, 0.1) is 27.7 Å². The van der Waals surface area contributed by atoms with Gasteiger partial charge in [0, 0.05) is 17.1 Å². The Morgan fingerprint density at radius 2 is 1.87 bits per heavy atom. The molecule has 0 aliphatic rings. The predicted molar refractivity (Wildman–Crippen MR) is 125 cm³/mol. The first-order valence-corrected chi connectivity index (χ1v) is 11.7. The molecule has 8 nitrogen and oxygen atoms in total. The van der Waals surface area contributed by atoms with E-state index >= 15 is 0 Å². The number of hydrogen-bond acceptors (Lipinski definition) is 7. The minimum atomic E-state index is -0.155. The van der Waals surface area contributed by atoms with Crippen molar-refractivity contribution in [2.45, 2.75) is 52.7 Å². The number of rotatable bonds is 8. The van der Waals surface area contributed by atoms with Gasteiger partial charge in [-0.05, 0) is 46.2 Å². The van der Waals surface area contributed by atoms with E-state index in [1.165, 1.54) is 23.1 Å². The lowest BCUT2D eigenvalue weighted by atomic mass is 10.1. The molecule has 0 aliphatic heterocycles. The Hall–Kier alpha value is -2.72. The zero-order chi connectivity index (χ0) is 22.5. The Balaban J connectivity index is 1.59. The summed E-state index contributed by atoms with van der Waals surface area (Å²) in [5.74, 6) is 0.445. The topological polar surface area (TPSA) is 102 Å². The van der Waals surface area contributed by atoms with Crippen molar-refractivity contribution in [3.05, 3.63) is 45.7 Å². The molecule has 3 rings (SSSR count). The van der Waals surface area contributed by atoms with Gasteiger partial charge >= 0.3 is 0 Å². The van der Waals surface area contributed by atoms with E-state index in [0.29, 0.717) is 22.7 Å². The van der Waals surface area contributed by atoms with Crippen LogP contribution in [0.5, 0.6) is 0 Å². The Kier molecular flexibility index (Phi) is 7.45. The van der Waals surface area contributed by atoms with Crippen LogP contribution >= 0.6 is 23.1 Å². The molecular formula is C21H26N6O2S2. The van der Waals surface area contributed by atoms with Gasteiger partial charge in [-0.15, -0.1) is 21.5 Å². The molecule has 164 valence electrons. The zero-order valence-corrected chi connectivity index (χ0v) is 19.9. The van der Waals surface area contributed by atoms with Gasteiger partial charge in [-0.3, -0.25) is 9.59 Å². The molecule has 0 aliphatic carbocycles. The van der Waals surface area contributed by atoms with E-state index < -0.39 is 0 Å². The second kappa shape index (κ2) is 10.1. The molecule has 0 saturated heterocycles. The van der Waals surface area contributed by atoms with Gasteiger partial charge in [-0.25, -0.2) is 4.98 Å². The summed E-state index contributed by atoms with van der Waals surface area (Å²) in [6.07, 6.45) is 0.110. The highest BCUT2D eigenvalue weighted by atomic mass is 32.2. The fourth-order valence-corrected chi connectivity index (χ4v) is 4.63. The summed E-state index contributed by atoms with van der Waals surface area (Å²) in [5.41, 5.74) is 3.87. The number of hydrogen-bond donors (Lipinski definition) is 2. The second-order valence-electron chi connectivity index (χ2n) is 7.18. The molecule has 0 spiro atoms. The third-order valence-corrected chi connectivity index (χ3v) is 6.65. The monoisotopic (exact) mass is 458 g/mol. The van der Waals surface area contributed by atoms with Crippen LogP contribution in [0.25, 0.3) is 0 Å². The summed E-state index contributed by atoms with van der Waals surface area (Å²) in [5, 5.41) is 15.3. The van der Waals surface area contributed by atoms with E-state index in [9.17, 15) is 9.59 Å². The minimum Gasteiger partial charge on any atom is -0.325 e. The average Bonchev–Trinajstić information content (AvgIpc) is 3.24. The normalized spacial score (nSPS) is 10.9. The van der Waals surface area contributed by atoms with E-state index in [0.717, 1.165) is 27.4 Å². The number of nitrogens with zero attached hydrogens (tertiary/aromatic N) is 4. The Morgan fingerprint density at radius 3 is 2.52 bits per heavy atom. The standard InChI is InChI=1S/C21H26N6O2S2/c1-6-27-17(10-18(28)23-16-8-7-12(2)9-13(16)3)25-26-21(27)30-11-19(29)24-20-22-14(4)15(5)31-20/h7-9H,6,10-11H2,1-5H3,(H,23,28)(H,22,24,29). The SMILES string of the molecule is CCn1c(CC(=O)Nc2ccc(C)cc2C)nnc1SCC(=O)Nc1nc(C)c(C)s1. The zero-order valence-electron chi connectivity index (χ0n) is 18.3. The Morgan fingerprint density at radius 1 is 1.10 bits per heavy atom. The quantitative estimate of drug-likeness (QED) is 0.497. The molecule has 3 aromatic rings. The lowest BCUT2D eigenvalue weighted by Gasteiger charge is -2.10. The number of carbonyl (C=O) groups is 2. The Bertz CT molecular complexity index is 1090. The summed E-state index contributed by atoms with van der Waals surface area (Å²) < 4.78 is 1.86. The second-order valence-corrected chi connectivity index (χ2v) is 9.33. The molecule has 1 aromatic carbocycles. The lowest BCUT2D eigenvalue weighted by Crippen LogP contribution is -2.18. The summed E-state index contributed by atoms with van der Waals surface area (Å²) in [4.78, 5) is 30.2. The van der Waals surface area contributed by atoms with Crippen molar-refractivity contribution in [2.24, 2.45) is 0 Å². The van der Waals surface area contributed by atoms with E-state index in [4.69, 9.17) is 0 Å². The van der Waals surface area contributed by atoms with Crippen LogP contribution in [0.1, 0.15) is 34.4 Å². The minimum absolute atomic E-state index is 0.110. The van der Waals surface area contributed by atoms with Crippen molar-refractivity contribution in [3.63, 3.8) is 0 Å². The molecule has 0 radical (unpaired) electrons. The van der Waals surface area contributed by atoms with E-state index in [1.807, 2.05) is 57.4 Å². The largest absolute Gasteiger partial charge is 0.325 e. The molecule has 10 heteroatoms. The van der Waals surface area contributed by atoms with Crippen LogP contribution in [0.15, 0.2) is 23.4 Å². The lowest BCUT2D eigenvalue weighted by molar-refractivity contribution is -0.116. The van der Waals surface area contributed by atoms with Crippen molar-refractivity contribution in [1.29, 1.82) is 0 Å². The number of aromatic nitrogens is 4. The number of amides is 2. The maximum absolute atomic E-state index is 12.5. The van der Waals surface area contributed by atoms with Crippen LogP contribution in [0.3, 0.4) is 0 Å². The molecule has 2 N–H and O–H groups in total. The highest BCUT2D eigenvalue weighted by molar-refractivity contribution is 7.99. The molecule has 2 amide bonds. The molecule has 0 fully saturated rings. The van der Waals surface area contributed by atoms with Crippen LogP contribution < -0.4 is 10.6 Å². The van der Waals surface area contributed by atoms with Crippen molar-refractivity contribution >= 4 is 45.7 Å². The van der Waals surface area contributed by atoms with Gasteiger partial charge in [-0.1, -0.05) is 29.5 Å². The van der Waals surface area contributed by atoms with Gasteiger partial charge in [0.25, 0.3) is 0 Å². The number of anilines is 2. The molecular weight excluding hydrogens is 432 g/mol. The highest BCUT2D eigenvalue weighted by Crippen LogP contribution is 2.23. The van der Waals surface area contributed by atoms with Crippen molar-refractivity contribution < 1.29 is 9.59 Å². The maximum Gasteiger partial charge on any atom is 0.236 e. The molecule has 31 heavy (non-hydrogen) atoms. The summed E-state index contributed by atoms with van der Waals surface area (Å²) in [6, 6.07) is 5.89. The molecule has 0 saturated carbocycles. The third-order valence-electron chi connectivity index (χ3n) is 4.69. The Labute approximate surface area is 189 Å². The molecule has 0 unspecified atom stereocenters. The van der Waals surface area contributed by atoms with Gasteiger partial charge in [0.1, 0.15) is 5.82 Å². The fraction of sp³-hybridized carbons (Fsp3) is 0.381. The van der Waals surface area contributed by atoms with Crippen molar-refractivity contribution in [2.75, 3.05) is 16.4 Å². The molecule has 2 aromatic heterocycles. The van der Waals surface area contributed by atoms with Gasteiger partial charge < -0.3 is 15.2 Å². The van der Waals surface area contributed by atoms with E-state index in [-0.39, 0.29) is 24.0 Å². The average molecular weight is 459 g/mol. The van der Waals surface area contributed by atoms with Crippen LogP contribution in [-0.2, 0) is 22.6 Å². The number of benzene rings is 1. The summed E-state index contributed by atoms with van der Waals surface area (Å²) >= 11 is 2.74. The van der Waals surface area contributed by atoms with E-state index in [1.54, 1.807) is 0 Å². The maximum atomic E-state index is 12.5. The number of carbonyl (C=O) groups excluding carboxylic acids is 2. The molecule has 0 atom stereocenters. The van der Waals surface area contributed by atoms with Gasteiger partial charge in [-0.2, -0.15) is 0 Å². The number of thiazole rings is 1. The molecule has 0 bridgehead atoms. The first-order chi connectivity index (χ1) is 14.8. The van der Waals surface area contributed by atoms with Crippen molar-refractivity contribution in [1.82, 2.24) is 19.7 Å². The van der Waals surface area contributed by atoms with Crippen LogP contribution in [0.4, 0.5) is 10.8 Å². The van der Waals surface area contributed by atoms with Crippen LogP contribution in [0.2, 0.25) is 0 Å². The first-order valence-electron chi connectivity index (χ1n) is 9.92. The van der Waals surface area contributed by atoms with Crippen molar-refractivity contribution in [3.8, 4) is 0 Å². The number of thioether (sulfide) groups is 1. The van der Waals surface area contributed by atoms with Gasteiger partial charge in [0.2, 0.25) is 11.8 Å². The smallest absolute Gasteiger partial charge is 0.236 e. The van der Waals surface area contributed by atoms with Gasteiger partial charge in [0.05, 0.1) is 17.9 Å². The van der Waals surface area contributed by atoms with Crippen LogP contribution in [-0.4, -0.2) is 37.3 Å². The summed E-state index contributed by atoms with van der Waals surface area (Å²) in [7, 11) is 0. The predicted octanol–water partition coefficient (Wildman–Crippen LogP) is 3.90. The number of aryl methyl sites for hydroxylation is 4. The van der Waals surface area contributed by atoms with E-state index in [2.05, 4.69) is 25.8 Å². The highest BCUT2D eigenvalue weighted by Gasteiger charge is 2.17. The molecule has 2 heterocycles. The summed E-state index contributed by atoms with van der Waals surface area (Å²) in [6.45, 7) is 10.4. The number of nitrogens with one attached hydrogen (secondary N) is 2. The first kappa shape index (κ1) is 23.0. The fourth-order valence-electron chi connectivity index (χ4n) is 2.98.